The van der Waals surface area contributed by atoms with E-state index >= 15 is 0 Å². The number of benzene rings is 3. The first kappa shape index (κ1) is 24.8. The highest BCUT2D eigenvalue weighted by Crippen LogP contribution is 2.38. The maximum Gasteiger partial charge on any atom is 0.269 e. The molecule has 2 heterocycles. The lowest BCUT2D eigenvalue weighted by Gasteiger charge is -2.31. The lowest BCUT2D eigenvalue weighted by atomic mass is 10.0. The number of hydrogen-bond acceptors (Lipinski definition) is 5. The van der Waals surface area contributed by atoms with Crippen molar-refractivity contribution in [2.75, 3.05) is 14.1 Å². The van der Waals surface area contributed by atoms with Crippen LogP contribution in [0.4, 0.5) is 5.69 Å². The van der Waals surface area contributed by atoms with Crippen molar-refractivity contribution in [2.24, 2.45) is 0 Å². The fraction of sp³-hybridized carbons (Fsp3) is 0.0690. The standard InChI is InChI=1S/C29H22N4O4S/c1-30-27(34)24(28(35)31(2)29(30)38)17-21-18-25(19-9-5-3-6-10-19)32(26(21)20-11-7-4-8-12-20)22-13-15-23(16-14-22)33(36)37/h3-18H,1-2H3. The summed E-state index contributed by atoms with van der Waals surface area (Å²) >= 11 is 5.24. The molecular formula is C29H22N4O4S. The first-order valence-corrected chi connectivity index (χ1v) is 12.1. The van der Waals surface area contributed by atoms with Crippen molar-refractivity contribution in [1.82, 2.24) is 14.4 Å². The molecule has 1 saturated heterocycles. The molecule has 0 bridgehead atoms. The third-order valence-corrected chi connectivity index (χ3v) is 6.96. The van der Waals surface area contributed by atoms with Crippen LogP contribution in [-0.2, 0) is 9.59 Å². The Morgan fingerprint density at radius 1 is 0.789 bits per heavy atom. The molecule has 8 nitrogen and oxygen atoms in total. The number of thiocarbonyl (C=S) groups is 1. The van der Waals surface area contributed by atoms with Gasteiger partial charge in [0.2, 0.25) is 0 Å². The molecular weight excluding hydrogens is 500 g/mol. The van der Waals surface area contributed by atoms with Gasteiger partial charge in [-0.1, -0.05) is 60.7 Å². The van der Waals surface area contributed by atoms with E-state index in [-0.39, 0.29) is 16.4 Å². The van der Waals surface area contributed by atoms with Gasteiger partial charge in [-0.25, -0.2) is 0 Å². The lowest BCUT2D eigenvalue weighted by Crippen LogP contribution is -2.52. The van der Waals surface area contributed by atoms with Gasteiger partial charge in [0.1, 0.15) is 5.57 Å². The minimum Gasteiger partial charge on any atom is -0.309 e. The van der Waals surface area contributed by atoms with E-state index in [4.69, 9.17) is 12.2 Å². The summed E-state index contributed by atoms with van der Waals surface area (Å²) < 4.78 is 1.98. The second kappa shape index (κ2) is 9.87. The van der Waals surface area contributed by atoms with Crippen molar-refractivity contribution >= 4 is 40.9 Å². The van der Waals surface area contributed by atoms with E-state index < -0.39 is 16.7 Å². The maximum absolute atomic E-state index is 13.1. The topological polar surface area (TPSA) is 88.7 Å². The van der Waals surface area contributed by atoms with Crippen LogP contribution in [0.15, 0.2) is 96.6 Å². The smallest absolute Gasteiger partial charge is 0.269 e. The van der Waals surface area contributed by atoms with Gasteiger partial charge >= 0.3 is 0 Å². The summed E-state index contributed by atoms with van der Waals surface area (Å²) in [5.41, 5.74) is 4.54. The number of carbonyl (C=O) groups is 2. The Balaban J connectivity index is 1.82. The van der Waals surface area contributed by atoms with Gasteiger partial charge in [0.25, 0.3) is 17.5 Å². The molecule has 38 heavy (non-hydrogen) atoms. The molecule has 0 N–H and O–H groups in total. The molecule has 0 atom stereocenters. The molecule has 0 saturated carbocycles. The Hall–Kier alpha value is -4.89. The third kappa shape index (κ3) is 4.29. The largest absolute Gasteiger partial charge is 0.309 e. The quantitative estimate of drug-likeness (QED) is 0.116. The minimum absolute atomic E-state index is 0.0127. The van der Waals surface area contributed by atoms with Gasteiger partial charge in [-0.05, 0) is 47.6 Å². The normalized spacial score (nSPS) is 13.7. The van der Waals surface area contributed by atoms with Gasteiger partial charge in [-0.3, -0.25) is 29.5 Å². The van der Waals surface area contributed by atoms with Crippen LogP contribution in [0.1, 0.15) is 5.56 Å². The van der Waals surface area contributed by atoms with Crippen LogP contribution in [0.25, 0.3) is 34.3 Å². The fourth-order valence-electron chi connectivity index (χ4n) is 4.48. The second-order valence-corrected chi connectivity index (χ2v) is 9.11. The summed E-state index contributed by atoms with van der Waals surface area (Å²) in [7, 11) is 3.08. The van der Waals surface area contributed by atoms with Gasteiger partial charge in [0, 0.05) is 37.5 Å². The number of hydrogen-bond donors (Lipinski definition) is 0. The first-order chi connectivity index (χ1) is 18.3. The monoisotopic (exact) mass is 522 g/mol. The number of amides is 2. The highest BCUT2D eigenvalue weighted by Gasteiger charge is 2.36. The number of nitro groups is 1. The summed E-state index contributed by atoms with van der Waals surface area (Å²) in [6, 6.07) is 27.4. The number of non-ortho nitro benzene ring substituents is 1. The fourth-order valence-corrected chi connectivity index (χ4v) is 4.64. The first-order valence-electron chi connectivity index (χ1n) is 11.7. The molecule has 1 fully saturated rings. The van der Waals surface area contributed by atoms with Crippen LogP contribution in [-0.4, -0.2) is 50.3 Å². The van der Waals surface area contributed by atoms with Crippen molar-refractivity contribution in [3.8, 4) is 28.2 Å². The molecule has 1 aliphatic heterocycles. The van der Waals surface area contributed by atoms with E-state index in [0.29, 0.717) is 11.3 Å². The number of aromatic nitrogens is 1. The second-order valence-electron chi connectivity index (χ2n) is 8.74. The molecule has 9 heteroatoms. The van der Waals surface area contributed by atoms with Gasteiger partial charge in [0.05, 0.1) is 16.3 Å². The van der Waals surface area contributed by atoms with Crippen molar-refractivity contribution < 1.29 is 14.5 Å². The zero-order chi connectivity index (χ0) is 27.0. The zero-order valence-corrected chi connectivity index (χ0v) is 21.4. The van der Waals surface area contributed by atoms with Crippen molar-refractivity contribution in [1.29, 1.82) is 0 Å². The molecule has 0 radical (unpaired) electrons. The third-order valence-electron chi connectivity index (χ3n) is 6.41. The van der Waals surface area contributed by atoms with E-state index in [1.54, 1.807) is 18.2 Å². The molecule has 3 aromatic carbocycles. The molecule has 1 aliphatic rings. The SMILES string of the molecule is CN1C(=O)C(=Cc2cc(-c3ccccc3)n(-c3ccc([N+](=O)[O-])cc3)c2-c2ccccc2)C(=O)N(C)C1=S. The van der Waals surface area contributed by atoms with Crippen LogP contribution in [0, 0.1) is 10.1 Å². The van der Waals surface area contributed by atoms with Gasteiger partial charge in [-0.2, -0.15) is 0 Å². The Kier molecular flexibility index (Phi) is 6.44. The number of nitrogens with zero attached hydrogens (tertiary/aromatic N) is 4. The predicted molar refractivity (Wildman–Crippen MR) is 149 cm³/mol. The van der Waals surface area contributed by atoms with Crippen molar-refractivity contribution in [2.45, 2.75) is 0 Å². The number of carbonyl (C=O) groups excluding carboxylic acids is 2. The van der Waals surface area contributed by atoms with Gasteiger partial charge in [-0.15, -0.1) is 0 Å². The van der Waals surface area contributed by atoms with Crippen LogP contribution < -0.4 is 0 Å². The Morgan fingerprint density at radius 2 is 1.32 bits per heavy atom. The van der Waals surface area contributed by atoms with E-state index in [2.05, 4.69) is 0 Å². The highest BCUT2D eigenvalue weighted by molar-refractivity contribution is 7.80. The molecule has 1 aromatic heterocycles. The molecule has 5 rings (SSSR count). The summed E-state index contributed by atoms with van der Waals surface area (Å²) in [4.78, 5) is 39.7. The van der Waals surface area contributed by atoms with Gasteiger partial charge in [0.15, 0.2) is 5.11 Å². The minimum atomic E-state index is -0.485. The van der Waals surface area contributed by atoms with E-state index in [1.807, 2.05) is 71.3 Å². The lowest BCUT2D eigenvalue weighted by molar-refractivity contribution is -0.384. The number of rotatable bonds is 5. The summed E-state index contributed by atoms with van der Waals surface area (Å²) in [5, 5.41) is 11.4. The number of likely N-dealkylation sites (N-methyl/N-ethyl adjacent to an activating group) is 2. The maximum atomic E-state index is 13.1. The zero-order valence-electron chi connectivity index (χ0n) is 20.6. The van der Waals surface area contributed by atoms with Gasteiger partial charge < -0.3 is 4.57 Å². The van der Waals surface area contributed by atoms with Crippen LogP contribution in [0.5, 0.6) is 0 Å². The summed E-state index contributed by atoms with van der Waals surface area (Å²) in [6.45, 7) is 0. The van der Waals surface area contributed by atoms with Crippen LogP contribution in [0.3, 0.4) is 0 Å². The molecule has 0 spiro atoms. The Labute approximate surface area is 224 Å². The van der Waals surface area contributed by atoms with E-state index in [1.165, 1.54) is 36.0 Å². The van der Waals surface area contributed by atoms with Crippen molar-refractivity contribution in [3.05, 3.63) is 112 Å². The van der Waals surface area contributed by atoms with E-state index in [9.17, 15) is 19.7 Å². The average molecular weight is 523 g/mol. The number of nitro benzene ring substituents is 1. The Morgan fingerprint density at radius 3 is 1.84 bits per heavy atom. The highest BCUT2D eigenvalue weighted by atomic mass is 32.1. The molecule has 188 valence electrons. The summed E-state index contributed by atoms with van der Waals surface area (Å²) in [5.74, 6) is -0.970. The average Bonchev–Trinajstić information content (AvgIpc) is 3.33. The molecule has 0 unspecified atom stereocenters. The predicted octanol–water partition coefficient (Wildman–Crippen LogP) is 5.32. The molecule has 4 aromatic rings. The molecule has 0 aliphatic carbocycles. The van der Waals surface area contributed by atoms with Crippen LogP contribution >= 0.6 is 12.2 Å². The summed E-state index contributed by atoms with van der Waals surface area (Å²) in [6.07, 6.45) is 1.59. The van der Waals surface area contributed by atoms with E-state index in [0.717, 1.165) is 22.5 Å². The van der Waals surface area contributed by atoms with Crippen LogP contribution in [0.2, 0.25) is 0 Å². The Bertz CT molecular complexity index is 1580. The van der Waals surface area contributed by atoms with Crippen molar-refractivity contribution in [3.63, 3.8) is 0 Å². The molecule has 2 amide bonds.